The van der Waals surface area contributed by atoms with E-state index in [0.29, 0.717) is 0 Å². The maximum Gasteiger partial charge on any atom is 0.123 e. The Morgan fingerprint density at radius 3 is 2.28 bits per heavy atom. The minimum Gasteiger partial charge on any atom is -0.306 e. The number of hydrogen-bond acceptors (Lipinski definition) is 1. The van der Waals surface area contributed by atoms with Gasteiger partial charge in [-0.2, -0.15) is 0 Å². The minimum atomic E-state index is -0.196. The largest absolute Gasteiger partial charge is 0.306 e. The van der Waals surface area contributed by atoms with Crippen LogP contribution in [0.3, 0.4) is 0 Å². The van der Waals surface area contributed by atoms with Crippen LogP contribution in [0, 0.1) is 5.82 Å². The Hall–Kier alpha value is -1.19. The Morgan fingerprint density at radius 2 is 1.67 bits per heavy atom. The summed E-state index contributed by atoms with van der Waals surface area (Å²) in [5.74, 6) is -0.196. The molecule has 0 amide bonds. The van der Waals surface area contributed by atoms with E-state index in [9.17, 15) is 4.39 Å². The van der Waals surface area contributed by atoms with Crippen LogP contribution in [0.4, 0.5) is 4.39 Å². The fraction of sp³-hybridized carbons (Fsp3) is 0.200. The summed E-state index contributed by atoms with van der Waals surface area (Å²) in [6, 6.07) is 15.0. The monoisotopic (exact) mass is 307 g/mol. The molecule has 0 bridgehead atoms. The van der Waals surface area contributed by atoms with Crippen molar-refractivity contribution < 1.29 is 4.39 Å². The average Bonchev–Trinajstić information content (AvgIpc) is 2.38. The van der Waals surface area contributed by atoms with Crippen LogP contribution < -0.4 is 5.32 Å². The third kappa shape index (κ3) is 3.65. The zero-order valence-electron chi connectivity index (χ0n) is 10.2. The molecule has 18 heavy (non-hydrogen) atoms. The number of hydrogen-bond donors (Lipinski definition) is 1. The zero-order chi connectivity index (χ0) is 13.0. The highest BCUT2D eigenvalue weighted by Gasteiger charge is 2.04. The van der Waals surface area contributed by atoms with E-state index < -0.39 is 0 Å². The normalized spacial score (nSPS) is 12.4. The van der Waals surface area contributed by atoms with E-state index in [4.69, 9.17) is 0 Å². The standard InChI is InChI=1S/C15H15BrFN/c1-11(13-4-8-15(17)9-5-13)18-10-12-2-6-14(16)7-3-12/h2-9,11,18H,10H2,1H3/t11-/m0/s1. The first kappa shape index (κ1) is 13.2. The highest BCUT2D eigenvalue weighted by atomic mass is 79.9. The van der Waals surface area contributed by atoms with Crippen molar-refractivity contribution in [2.45, 2.75) is 19.5 Å². The lowest BCUT2D eigenvalue weighted by molar-refractivity contribution is 0.571. The molecular weight excluding hydrogens is 293 g/mol. The van der Waals surface area contributed by atoms with E-state index in [2.05, 4.69) is 40.3 Å². The summed E-state index contributed by atoms with van der Waals surface area (Å²) in [7, 11) is 0. The maximum absolute atomic E-state index is 12.8. The Bertz CT molecular complexity index is 493. The van der Waals surface area contributed by atoms with Crippen molar-refractivity contribution in [3.8, 4) is 0 Å². The molecule has 0 saturated carbocycles. The molecule has 0 aliphatic rings. The van der Waals surface area contributed by atoms with Crippen molar-refractivity contribution in [3.05, 3.63) is 69.9 Å². The third-order valence-corrected chi connectivity index (χ3v) is 3.42. The van der Waals surface area contributed by atoms with Crippen LogP contribution in [-0.4, -0.2) is 0 Å². The van der Waals surface area contributed by atoms with Gasteiger partial charge in [0.15, 0.2) is 0 Å². The second-order valence-corrected chi connectivity index (χ2v) is 5.20. The van der Waals surface area contributed by atoms with Crippen molar-refractivity contribution in [3.63, 3.8) is 0 Å². The summed E-state index contributed by atoms with van der Waals surface area (Å²) in [6.45, 7) is 2.87. The van der Waals surface area contributed by atoms with Crippen LogP contribution in [0.2, 0.25) is 0 Å². The Morgan fingerprint density at radius 1 is 1.06 bits per heavy atom. The summed E-state index contributed by atoms with van der Waals surface area (Å²) >= 11 is 3.41. The number of nitrogens with one attached hydrogen (secondary N) is 1. The molecule has 0 unspecified atom stereocenters. The summed E-state index contributed by atoms with van der Waals surface area (Å²) in [5, 5.41) is 3.42. The highest BCUT2D eigenvalue weighted by Crippen LogP contribution is 2.15. The summed E-state index contributed by atoms with van der Waals surface area (Å²) in [5.41, 5.74) is 2.32. The average molecular weight is 308 g/mol. The van der Waals surface area contributed by atoms with Crippen LogP contribution >= 0.6 is 15.9 Å². The van der Waals surface area contributed by atoms with E-state index in [1.807, 2.05) is 24.3 Å². The first-order valence-corrected chi connectivity index (χ1v) is 6.68. The fourth-order valence-electron chi connectivity index (χ4n) is 1.74. The van der Waals surface area contributed by atoms with Gasteiger partial charge in [0.1, 0.15) is 5.82 Å². The van der Waals surface area contributed by atoms with Gasteiger partial charge in [0.25, 0.3) is 0 Å². The molecule has 0 aromatic heterocycles. The van der Waals surface area contributed by atoms with Gasteiger partial charge in [-0.25, -0.2) is 4.39 Å². The van der Waals surface area contributed by atoms with E-state index >= 15 is 0 Å². The molecule has 3 heteroatoms. The van der Waals surface area contributed by atoms with Gasteiger partial charge in [-0.1, -0.05) is 40.2 Å². The summed E-state index contributed by atoms with van der Waals surface area (Å²) < 4.78 is 13.9. The molecule has 0 aliphatic heterocycles. The second-order valence-electron chi connectivity index (χ2n) is 4.28. The maximum atomic E-state index is 12.8. The van der Waals surface area contributed by atoms with Crippen LogP contribution in [-0.2, 0) is 6.54 Å². The molecule has 2 rings (SSSR count). The van der Waals surface area contributed by atoms with Gasteiger partial charge in [0.2, 0.25) is 0 Å². The second kappa shape index (κ2) is 6.12. The molecule has 0 radical (unpaired) electrons. The van der Waals surface area contributed by atoms with Crippen LogP contribution in [0.15, 0.2) is 53.0 Å². The summed E-state index contributed by atoms with van der Waals surface area (Å²) in [6.07, 6.45) is 0. The van der Waals surface area contributed by atoms with Crippen molar-refractivity contribution in [2.24, 2.45) is 0 Å². The quantitative estimate of drug-likeness (QED) is 0.880. The van der Waals surface area contributed by atoms with Gasteiger partial charge < -0.3 is 5.32 Å². The number of rotatable bonds is 4. The first-order valence-electron chi connectivity index (χ1n) is 5.88. The molecule has 0 heterocycles. The molecule has 1 nitrogen and oxygen atoms in total. The lowest BCUT2D eigenvalue weighted by Gasteiger charge is -2.14. The Balaban J connectivity index is 1.93. The van der Waals surface area contributed by atoms with E-state index in [1.165, 1.54) is 17.7 Å². The lowest BCUT2D eigenvalue weighted by atomic mass is 10.1. The zero-order valence-corrected chi connectivity index (χ0v) is 11.7. The van der Waals surface area contributed by atoms with Crippen molar-refractivity contribution in [1.29, 1.82) is 0 Å². The third-order valence-electron chi connectivity index (χ3n) is 2.90. The molecule has 0 fully saturated rings. The van der Waals surface area contributed by atoms with Crippen LogP contribution in [0.25, 0.3) is 0 Å². The van der Waals surface area contributed by atoms with Crippen molar-refractivity contribution >= 4 is 15.9 Å². The van der Waals surface area contributed by atoms with Gasteiger partial charge in [-0.15, -0.1) is 0 Å². The molecule has 1 N–H and O–H groups in total. The molecule has 2 aromatic rings. The van der Waals surface area contributed by atoms with Gasteiger partial charge in [0.05, 0.1) is 0 Å². The molecule has 0 saturated heterocycles. The molecule has 2 aromatic carbocycles. The Labute approximate surface area is 115 Å². The van der Waals surface area contributed by atoms with Crippen LogP contribution in [0.5, 0.6) is 0 Å². The summed E-state index contributed by atoms with van der Waals surface area (Å²) in [4.78, 5) is 0. The molecule has 1 atom stereocenters. The number of halogens is 2. The minimum absolute atomic E-state index is 0.196. The lowest BCUT2D eigenvalue weighted by Crippen LogP contribution is -2.17. The molecule has 94 valence electrons. The smallest absolute Gasteiger partial charge is 0.123 e. The van der Waals surface area contributed by atoms with Gasteiger partial charge in [-0.3, -0.25) is 0 Å². The molecule has 0 aliphatic carbocycles. The van der Waals surface area contributed by atoms with Gasteiger partial charge in [-0.05, 0) is 42.3 Å². The molecule has 0 spiro atoms. The van der Waals surface area contributed by atoms with Crippen molar-refractivity contribution in [1.82, 2.24) is 5.32 Å². The van der Waals surface area contributed by atoms with E-state index in [-0.39, 0.29) is 11.9 Å². The fourth-order valence-corrected chi connectivity index (χ4v) is 2.01. The SMILES string of the molecule is C[C@H](NCc1ccc(Br)cc1)c1ccc(F)cc1. The van der Waals surface area contributed by atoms with Crippen molar-refractivity contribution in [2.75, 3.05) is 0 Å². The highest BCUT2D eigenvalue weighted by molar-refractivity contribution is 9.10. The Kier molecular flexibility index (Phi) is 4.50. The number of benzene rings is 2. The van der Waals surface area contributed by atoms with Crippen LogP contribution in [0.1, 0.15) is 24.1 Å². The predicted molar refractivity (Wildman–Crippen MR) is 75.8 cm³/mol. The first-order chi connectivity index (χ1) is 8.65. The topological polar surface area (TPSA) is 12.0 Å². The van der Waals surface area contributed by atoms with Gasteiger partial charge >= 0.3 is 0 Å². The van der Waals surface area contributed by atoms with Gasteiger partial charge in [0, 0.05) is 17.1 Å². The predicted octanol–water partition coefficient (Wildman–Crippen LogP) is 4.44. The molecular formula is C15H15BrFN. The van der Waals surface area contributed by atoms with E-state index in [1.54, 1.807) is 0 Å². The van der Waals surface area contributed by atoms with E-state index in [0.717, 1.165) is 16.6 Å².